The maximum absolute atomic E-state index is 13.5. The number of allylic oxidation sites excluding steroid dienone is 1. The smallest absolute Gasteiger partial charge is 0.133 e. The molecule has 0 rings (SSSR count). The number of hydrogen-bond donors (Lipinski definition) is 2. The molecule has 0 aromatic heterocycles. The van der Waals surface area contributed by atoms with Crippen LogP contribution in [-0.4, -0.2) is 49.7 Å². The van der Waals surface area contributed by atoms with Gasteiger partial charge in [0.1, 0.15) is 6.17 Å². The van der Waals surface area contributed by atoms with Crippen LogP contribution in [0.5, 0.6) is 0 Å². The molecule has 0 aromatic rings. The third-order valence-corrected chi connectivity index (χ3v) is 2.28. The topological polar surface area (TPSA) is 58.5 Å². The van der Waals surface area contributed by atoms with E-state index in [2.05, 4.69) is 13.2 Å². The predicted molar refractivity (Wildman–Crippen MR) is 73.0 cm³/mol. The van der Waals surface area contributed by atoms with Crippen LogP contribution in [0.15, 0.2) is 24.7 Å². The quantitative estimate of drug-likeness (QED) is 0.763. The normalized spacial score (nSPS) is 13.4. The molecule has 0 aromatic carbocycles. The Hall–Kier alpha value is -1.23. The summed E-state index contributed by atoms with van der Waals surface area (Å²) in [7, 11) is 5.44. The zero-order valence-electron chi connectivity index (χ0n) is 11.7. The largest absolute Gasteiger partial charge is 0.403 e. The van der Waals surface area contributed by atoms with E-state index in [-0.39, 0.29) is 12.6 Å². The minimum atomic E-state index is -0.916. The first-order valence-corrected chi connectivity index (χ1v) is 5.46. The van der Waals surface area contributed by atoms with E-state index >= 15 is 0 Å². The van der Waals surface area contributed by atoms with Crippen LogP contribution in [0.2, 0.25) is 0 Å². The number of hydrogen-bond acceptors (Lipinski definition) is 4. The van der Waals surface area contributed by atoms with Gasteiger partial charge in [-0.3, -0.25) is 0 Å². The Bertz CT molecular complexity index is 237. The Morgan fingerprint density at radius 3 is 1.82 bits per heavy atom. The van der Waals surface area contributed by atoms with Gasteiger partial charge < -0.3 is 21.3 Å². The van der Waals surface area contributed by atoms with E-state index in [1.54, 1.807) is 18.9 Å². The molecule has 0 saturated carbocycles. The van der Waals surface area contributed by atoms with E-state index in [0.29, 0.717) is 11.5 Å². The second kappa shape index (κ2) is 8.87. The number of nitrogens with two attached hydrogens (primary N) is 2. The summed E-state index contributed by atoms with van der Waals surface area (Å²) >= 11 is 0. The van der Waals surface area contributed by atoms with Crippen LogP contribution in [-0.2, 0) is 0 Å². The molecule has 2 atom stereocenters. The van der Waals surface area contributed by atoms with Crippen molar-refractivity contribution in [3.63, 3.8) is 0 Å². The van der Waals surface area contributed by atoms with Crippen molar-refractivity contribution >= 4 is 0 Å². The minimum absolute atomic E-state index is 0.109. The maximum atomic E-state index is 13.5. The number of halogens is 1. The molecule has 0 radical (unpaired) electrons. The van der Waals surface area contributed by atoms with Crippen LogP contribution in [0.3, 0.4) is 0 Å². The van der Waals surface area contributed by atoms with Gasteiger partial charge in [0.15, 0.2) is 0 Å². The molecule has 0 spiro atoms. The highest BCUT2D eigenvalue weighted by molar-refractivity contribution is 4.87. The molecular formula is C12H27FN4. The number of rotatable bonds is 5. The Balaban J connectivity index is 0. The standard InChI is InChI=1S/C9H20FN3.C3H7N/c1-7(12(3)4)9(10)6-13(5)8(2)11;1-3(2)4/h7,9H,2,6,11H2,1,3-5H3;1,4H2,2H3. The second-order valence-electron chi connectivity index (χ2n) is 4.44. The van der Waals surface area contributed by atoms with Crippen molar-refractivity contribution < 1.29 is 4.39 Å². The van der Waals surface area contributed by atoms with Crippen LogP contribution >= 0.6 is 0 Å². The van der Waals surface area contributed by atoms with Gasteiger partial charge in [-0.2, -0.15) is 0 Å². The van der Waals surface area contributed by atoms with E-state index in [1.807, 2.05) is 25.9 Å². The van der Waals surface area contributed by atoms with E-state index in [1.165, 1.54) is 0 Å². The van der Waals surface area contributed by atoms with Gasteiger partial charge in [-0.15, -0.1) is 0 Å². The summed E-state index contributed by atoms with van der Waals surface area (Å²) in [6.07, 6.45) is -0.916. The fourth-order valence-electron chi connectivity index (χ4n) is 0.855. The van der Waals surface area contributed by atoms with Crippen molar-refractivity contribution in [3.05, 3.63) is 24.7 Å². The maximum Gasteiger partial charge on any atom is 0.133 e. The zero-order valence-corrected chi connectivity index (χ0v) is 11.7. The monoisotopic (exact) mass is 246 g/mol. The highest BCUT2D eigenvalue weighted by atomic mass is 19.1. The molecule has 0 fully saturated rings. The summed E-state index contributed by atoms with van der Waals surface area (Å²) in [5.41, 5.74) is 11.0. The summed E-state index contributed by atoms with van der Waals surface area (Å²) < 4.78 is 13.5. The highest BCUT2D eigenvalue weighted by Gasteiger charge is 2.19. The third kappa shape index (κ3) is 11.0. The molecule has 5 heteroatoms. The average Bonchev–Trinajstić information content (AvgIpc) is 2.14. The average molecular weight is 246 g/mol. The lowest BCUT2D eigenvalue weighted by Gasteiger charge is -2.27. The minimum Gasteiger partial charge on any atom is -0.403 e. The first-order valence-electron chi connectivity index (χ1n) is 5.46. The molecule has 0 bridgehead atoms. The molecule has 0 amide bonds. The summed E-state index contributed by atoms with van der Waals surface area (Å²) in [5, 5.41) is 0. The lowest BCUT2D eigenvalue weighted by molar-refractivity contribution is 0.142. The highest BCUT2D eigenvalue weighted by Crippen LogP contribution is 2.06. The summed E-state index contributed by atoms with van der Waals surface area (Å²) in [6, 6.07) is -0.109. The molecule has 4 nitrogen and oxygen atoms in total. The Labute approximate surface area is 105 Å². The van der Waals surface area contributed by atoms with Gasteiger partial charge in [0, 0.05) is 13.1 Å². The lowest BCUT2D eigenvalue weighted by atomic mass is 10.2. The third-order valence-electron chi connectivity index (χ3n) is 2.28. The van der Waals surface area contributed by atoms with E-state index in [0.717, 1.165) is 0 Å². The van der Waals surface area contributed by atoms with Gasteiger partial charge in [0.2, 0.25) is 0 Å². The molecule has 102 valence electrons. The Kier molecular flexibility index (Phi) is 9.47. The van der Waals surface area contributed by atoms with Crippen LogP contribution in [0.1, 0.15) is 13.8 Å². The lowest BCUT2D eigenvalue weighted by Crippen LogP contribution is -2.41. The second-order valence-corrected chi connectivity index (χ2v) is 4.44. The van der Waals surface area contributed by atoms with Crippen molar-refractivity contribution in [2.24, 2.45) is 11.5 Å². The molecule has 17 heavy (non-hydrogen) atoms. The van der Waals surface area contributed by atoms with E-state index < -0.39 is 6.17 Å². The summed E-state index contributed by atoms with van der Waals surface area (Å²) in [6.45, 7) is 10.8. The predicted octanol–water partition coefficient (Wildman–Crippen LogP) is 1.12. The van der Waals surface area contributed by atoms with Crippen LogP contribution < -0.4 is 11.5 Å². The van der Waals surface area contributed by atoms with Crippen molar-refractivity contribution in [1.29, 1.82) is 0 Å². The molecule has 0 saturated heterocycles. The van der Waals surface area contributed by atoms with Gasteiger partial charge in [0.25, 0.3) is 0 Å². The van der Waals surface area contributed by atoms with E-state index in [9.17, 15) is 4.39 Å². The SMILES string of the molecule is C=C(C)N.C=C(N)N(C)CC(F)C(C)N(C)C. The summed E-state index contributed by atoms with van der Waals surface area (Å²) in [4.78, 5) is 3.46. The number of nitrogens with zero attached hydrogens (tertiary/aromatic N) is 2. The molecule has 4 N–H and O–H groups in total. The molecular weight excluding hydrogens is 219 g/mol. The number of alkyl halides is 1. The zero-order chi connectivity index (χ0) is 14.2. The molecule has 2 unspecified atom stereocenters. The van der Waals surface area contributed by atoms with Gasteiger partial charge >= 0.3 is 0 Å². The molecule has 0 aliphatic rings. The molecule has 0 heterocycles. The first-order chi connectivity index (χ1) is 7.59. The fourth-order valence-corrected chi connectivity index (χ4v) is 0.855. The van der Waals surface area contributed by atoms with Crippen LogP contribution in [0, 0.1) is 0 Å². The van der Waals surface area contributed by atoms with Crippen LogP contribution in [0.4, 0.5) is 4.39 Å². The summed E-state index contributed by atoms with van der Waals surface area (Å²) in [5.74, 6) is 0.397. The molecule has 0 aliphatic heterocycles. The van der Waals surface area contributed by atoms with Crippen molar-refractivity contribution in [2.45, 2.75) is 26.1 Å². The fraction of sp³-hybridized carbons (Fsp3) is 0.667. The Morgan fingerprint density at radius 1 is 1.24 bits per heavy atom. The van der Waals surface area contributed by atoms with Crippen LogP contribution in [0.25, 0.3) is 0 Å². The van der Waals surface area contributed by atoms with Gasteiger partial charge in [0.05, 0.1) is 12.4 Å². The van der Waals surface area contributed by atoms with Crippen molar-refractivity contribution in [1.82, 2.24) is 9.80 Å². The Morgan fingerprint density at radius 2 is 1.59 bits per heavy atom. The van der Waals surface area contributed by atoms with Gasteiger partial charge in [-0.25, -0.2) is 4.39 Å². The van der Waals surface area contributed by atoms with Crippen molar-refractivity contribution in [3.8, 4) is 0 Å². The van der Waals surface area contributed by atoms with Gasteiger partial charge in [-0.1, -0.05) is 13.2 Å². The van der Waals surface area contributed by atoms with E-state index in [4.69, 9.17) is 11.5 Å². The van der Waals surface area contributed by atoms with Crippen molar-refractivity contribution in [2.75, 3.05) is 27.7 Å². The molecule has 0 aliphatic carbocycles. The van der Waals surface area contributed by atoms with Gasteiger partial charge in [-0.05, 0) is 33.6 Å². The first kappa shape index (κ1) is 18.1.